The van der Waals surface area contributed by atoms with Crippen LogP contribution in [0.15, 0.2) is 66.7 Å². The third kappa shape index (κ3) is 6.40. The summed E-state index contributed by atoms with van der Waals surface area (Å²) in [6, 6.07) is 18.8. The fourth-order valence-corrected chi connectivity index (χ4v) is 4.22. The van der Waals surface area contributed by atoms with Crippen molar-refractivity contribution in [3.05, 3.63) is 88.4 Å². The van der Waals surface area contributed by atoms with Crippen molar-refractivity contribution in [3.63, 3.8) is 0 Å². The molecule has 33 heavy (non-hydrogen) atoms. The molecule has 0 saturated carbocycles. The van der Waals surface area contributed by atoms with Gasteiger partial charge in [-0.1, -0.05) is 29.8 Å². The number of benzene rings is 3. The van der Waals surface area contributed by atoms with E-state index in [0.717, 1.165) is 17.4 Å². The van der Waals surface area contributed by atoms with E-state index < -0.39 is 10.0 Å². The molecule has 0 fully saturated rings. The zero-order valence-corrected chi connectivity index (χ0v) is 20.1. The highest BCUT2D eigenvalue weighted by atomic mass is 35.5. The average Bonchev–Trinajstić information content (AvgIpc) is 2.81. The maximum Gasteiger partial charge on any atom is 0.251 e. The summed E-state index contributed by atoms with van der Waals surface area (Å²) in [7, 11) is -0.396. The Labute approximate surface area is 198 Å². The molecular formula is C24H25ClN2O5S. The summed E-state index contributed by atoms with van der Waals surface area (Å²) in [5, 5.41) is 3.39. The van der Waals surface area contributed by atoms with Crippen LogP contribution in [0.2, 0.25) is 5.02 Å². The summed E-state index contributed by atoms with van der Waals surface area (Å²) in [5.41, 5.74) is 2.59. The van der Waals surface area contributed by atoms with Gasteiger partial charge in [0, 0.05) is 17.1 Å². The number of hydrogen-bond donors (Lipinski definition) is 1. The lowest BCUT2D eigenvalue weighted by atomic mass is 10.1. The topological polar surface area (TPSA) is 84.9 Å². The number of anilines is 1. The van der Waals surface area contributed by atoms with Crippen molar-refractivity contribution in [1.82, 2.24) is 5.32 Å². The van der Waals surface area contributed by atoms with Gasteiger partial charge in [-0.05, 0) is 59.7 Å². The number of hydrogen-bond acceptors (Lipinski definition) is 5. The van der Waals surface area contributed by atoms with Crippen molar-refractivity contribution in [3.8, 4) is 11.5 Å². The molecule has 0 atom stereocenters. The van der Waals surface area contributed by atoms with E-state index in [2.05, 4.69) is 5.32 Å². The monoisotopic (exact) mass is 488 g/mol. The molecule has 7 nitrogen and oxygen atoms in total. The molecule has 0 heterocycles. The third-order valence-corrected chi connectivity index (χ3v) is 6.35. The number of halogens is 1. The second kappa shape index (κ2) is 10.6. The third-order valence-electron chi connectivity index (χ3n) is 4.96. The number of nitrogens with one attached hydrogen (secondary N) is 1. The van der Waals surface area contributed by atoms with Crippen LogP contribution in [-0.4, -0.2) is 34.8 Å². The summed E-state index contributed by atoms with van der Waals surface area (Å²) in [5.74, 6) is 0.962. The first-order chi connectivity index (χ1) is 15.7. The van der Waals surface area contributed by atoms with Gasteiger partial charge in [0.25, 0.3) is 5.91 Å². The van der Waals surface area contributed by atoms with Gasteiger partial charge in [-0.15, -0.1) is 0 Å². The number of carbonyl (C=O) groups excluding carboxylic acids is 1. The molecule has 3 rings (SSSR count). The summed E-state index contributed by atoms with van der Waals surface area (Å²) < 4.78 is 36.4. The van der Waals surface area contributed by atoms with Gasteiger partial charge in [0.15, 0.2) is 11.5 Å². The number of amides is 1. The van der Waals surface area contributed by atoms with Crippen LogP contribution in [0.25, 0.3) is 0 Å². The van der Waals surface area contributed by atoms with Crippen LogP contribution in [0, 0.1) is 0 Å². The molecule has 0 saturated heterocycles. The molecule has 0 aliphatic rings. The Morgan fingerprint density at radius 1 is 0.909 bits per heavy atom. The highest BCUT2D eigenvalue weighted by Gasteiger charge is 2.18. The number of sulfonamides is 1. The van der Waals surface area contributed by atoms with Gasteiger partial charge in [0.2, 0.25) is 10.0 Å². The fraction of sp³-hybridized carbons (Fsp3) is 0.208. The highest BCUT2D eigenvalue weighted by molar-refractivity contribution is 7.92. The molecule has 9 heteroatoms. The van der Waals surface area contributed by atoms with Gasteiger partial charge in [-0.25, -0.2) is 8.42 Å². The Morgan fingerprint density at radius 3 is 2.09 bits per heavy atom. The maximum atomic E-state index is 12.6. The zero-order chi connectivity index (χ0) is 24.0. The molecule has 0 aromatic heterocycles. The van der Waals surface area contributed by atoms with Crippen molar-refractivity contribution < 1.29 is 22.7 Å². The van der Waals surface area contributed by atoms with E-state index in [9.17, 15) is 13.2 Å². The predicted octanol–water partition coefficient (Wildman–Crippen LogP) is 4.25. The molecule has 0 unspecified atom stereocenters. The number of methoxy groups -OCH3 is 2. The van der Waals surface area contributed by atoms with Crippen molar-refractivity contribution in [2.24, 2.45) is 0 Å². The average molecular weight is 489 g/mol. The molecule has 3 aromatic carbocycles. The van der Waals surface area contributed by atoms with Crippen LogP contribution in [0.3, 0.4) is 0 Å². The molecule has 0 aliphatic heterocycles. The summed E-state index contributed by atoms with van der Waals surface area (Å²) in [6.07, 6.45) is 1.15. The minimum atomic E-state index is -3.51. The minimum Gasteiger partial charge on any atom is -0.493 e. The zero-order valence-electron chi connectivity index (χ0n) is 18.5. The standard InChI is InChI=1S/C24H25ClN2O5S/c1-31-22-13-6-18(14-23(22)32-2)15-26-24(28)19-7-4-17(5-8-19)16-27(33(3,29)30)21-11-9-20(25)10-12-21/h4-14H,15-16H2,1-3H3,(H,26,28). The minimum absolute atomic E-state index is 0.133. The van der Waals surface area contributed by atoms with Crippen LogP contribution < -0.4 is 19.1 Å². The van der Waals surface area contributed by atoms with E-state index >= 15 is 0 Å². The summed E-state index contributed by atoms with van der Waals surface area (Å²) in [6.45, 7) is 0.452. The SMILES string of the molecule is COc1ccc(CNC(=O)c2ccc(CN(c3ccc(Cl)cc3)S(C)(=O)=O)cc2)cc1OC. The number of carbonyl (C=O) groups is 1. The number of nitrogens with zero attached hydrogens (tertiary/aromatic N) is 1. The lowest BCUT2D eigenvalue weighted by Gasteiger charge is -2.22. The van der Waals surface area contributed by atoms with Crippen LogP contribution in [0.1, 0.15) is 21.5 Å². The lowest BCUT2D eigenvalue weighted by Crippen LogP contribution is -2.29. The molecule has 0 aliphatic carbocycles. The molecular weight excluding hydrogens is 464 g/mol. The normalized spacial score (nSPS) is 11.0. The largest absolute Gasteiger partial charge is 0.493 e. The number of ether oxygens (including phenoxy) is 2. The van der Waals surface area contributed by atoms with E-state index in [4.69, 9.17) is 21.1 Å². The van der Waals surface area contributed by atoms with E-state index in [0.29, 0.717) is 34.3 Å². The Bertz CT molecular complexity index is 1210. The van der Waals surface area contributed by atoms with Gasteiger partial charge >= 0.3 is 0 Å². The Hall–Kier alpha value is -3.23. The first-order valence-electron chi connectivity index (χ1n) is 10.0. The van der Waals surface area contributed by atoms with E-state index in [1.54, 1.807) is 74.9 Å². The van der Waals surface area contributed by atoms with Crippen LogP contribution in [0.5, 0.6) is 11.5 Å². The van der Waals surface area contributed by atoms with Crippen LogP contribution in [0.4, 0.5) is 5.69 Å². The fourth-order valence-electron chi connectivity index (χ4n) is 3.21. The molecule has 1 amide bonds. The second-order valence-corrected chi connectivity index (χ2v) is 9.66. The summed E-state index contributed by atoms with van der Waals surface area (Å²) in [4.78, 5) is 12.6. The lowest BCUT2D eigenvalue weighted by molar-refractivity contribution is 0.0951. The molecule has 3 aromatic rings. The first kappa shape index (κ1) is 24.4. The van der Waals surface area contributed by atoms with Gasteiger partial charge in [-0.2, -0.15) is 0 Å². The maximum absolute atomic E-state index is 12.6. The van der Waals surface area contributed by atoms with E-state index in [-0.39, 0.29) is 12.5 Å². The smallest absolute Gasteiger partial charge is 0.251 e. The molecule has 174 valence electrons. The predicted molar refractivity (Wildman–Crippen MR) is 130 cm³/mol. The van der Waals surface area contributed by atoms with Crippen molar-refractivity contribution >= 4 is 33.2 Å². The van der Waals surface area contributed by atoms with Gasteiger partial charge < -0.3 is 14.8 Å². The Kier molecular flexibility index (Phi) is 7.84. The van der Waals surface area contributed by atoms with Crippen LogP contribution >= 0.6 is 11.6 Å². The van der Waals surface area contributed by atoms with E-state index in [1.807, 2.05) is 6.07 Å². The number of rotatable bonds is 9. The van der Waals surface area contributed by atoms with Gasteiger partial charge in [0.1, 0.15) is 0 Å². The second-order valence-electron chi connectivity index (χ2n) is 7.31. The van der Waals surface area contributed by atoms with Crippen LogP contribution in [-0.2, 0) is 23.1 Å². The Balaban J connectivity index is 1.67. The van der Waals surface area contributed by atoms with E-state index in [1.165, 1.54) is 4.31 Å². The molecule has 0 spiro atoms. The van der Waals surface area contributed by atoms with Gasteiger partial charge in [0.05, 0.1) is 32.7 Å². The van der Waals surface area contributed by atoms with Crippen molar-refractivity contribution in [2.75, 3.05) is 24.8 Å². The molecule has 0 radical (unpaired) electrons. The molecule has 0 bridgehead atoms. The first-order valence-corrected chi connectivity index (χ1v) is 12.2. The Morgan fingerprint density at radius 2 is 1.52 bits per heavy atom. The van der Waals surface area contributed by atoms with Crippen molar-refractivity contribution in [1.29, 1.82) is 0 Å². The highest BCUT2D eigenvalue weighted by Crippen LogP contribution is 2.27. The molecule has 1 N–H and O–H groups in total. The quantitative estimate of drug-likeness (QED) is 0.486. The summed E-state index contributed by atoms with van der Waals surface area (Å²) >= 11 is 5.91. The van der Waals surface area contributed by atoms with Gasteiger partial charge in [-0.3, -0.25) is 9.10 Å². The van der Waals surface area contributed by atoms with Crippen molar-refractivity contribution in [2.45, 2.75) is 13.1 Å².